The van der Waals surface area contributed by atoms with Crippen molar-refractivity contribution in [2.75, 3.05) is 6.54 Å². The number of halogens is 2. The van der Waals surface area contributed by atoms with Crippen LogP contribution in [0.2, 0.25) is 0 Å². The molecule has 1 aliphatic heterocycles. The van der Waals surface area contributed by atoms with Crippen LogP contribution in [0.25, 0.3) is 5.65 Å². The van der Waals surface area contributed by atoms with Crippen LogP contribution in [0.5, 0.6) is 0 Å². The van der Waals surface area contributed by atoms with Crippen molar-refractivity contribution < 1.29 is 18.4 Å². The second-order valence-electron chi connectivity index (χ2n) is 11.4. The summed E-state index contributed by atoms with van der Waals surface area (Å²) < 4.78 is 31.2. The first-order chi connectivity index (χ1) is 18.8. The summed E-state index contributed by atoms with van der Waals surface area (Å²) in [5, 5.41) is 15.1. The highest BCUT2D eigenvalue weighted by Gasteiger charge is 2.40. The smallest absolute Gasteiger partial charge is 0.270 e. The van der Waals surface area contributed by atoms with Crippen molar-refractivity contribution in [1.29, 1.82) is 0 Å². The minimum atomic E-state index is -2.68. The molecular formula is C28H35F2N7O2. The van der Waals surface area contributed by atoms with E-state index in [2.05, 4.69) is 15.7 Å². The topological polar surface area (TPSA) is 106 Å². The molecular weight excluding hydrogens is 504 g/mol. The molecule has 39 heavy (non-hydrogen) atoms. The van der Waals surface area contributed by atoms with E-state index < -0.39 is 12.0 Å². The monoisotopic (exact) mass is 539 g/mol. The van der Waals surface area contributed by atoms with Gasteiger partial charge in [-0.15, -0.1) is 0 Å². The molecule has 0 radical (unpaired) electrons. The fourth-order valence-corrected chi connectivity index (χ4v) is 6.31. The number of carbonyl (C=O) groups is 2. The number of amides is 2. The molecule has 0 bridgehead atoms. The van der Waals surface area contributed by atoms with Crippen LogP contribution in [-0.4, -0.2) is 48.7 Å². The number of nitrogens with one attached hydrogen (secondary N) is 2. The van der Waals surface area contributed by atoms with Crippen LogP contribution in [0, 0.1) is 23.7 Å². The van der Waals surface area contributed by atoms with Crippen LogP contribution < -0.4 is 10.6 Å². The van der Waals surface area contributed by atoms with Crippen molar-refractivity contribution in [3.05, 3.63) is 47.7 Å². The largest absolute Gasteiger partial charge is 0.356 e. The zero-order chi connectivity index (χ0) is 27.1. The zero-order valence-corrected chi connectivity index (χ0v) is 22.2. The lowest BCUT2D eigenvalue weighted by molar-refractivity contribution is -0.127. The Kier molecular flexibility index (Phi) is 6.84. The van der Waals surface area contributed by atoms with E-state index >= 15 is 0 Å². The maximum atomic E-state index is 14.0. The number of piperidine rings is 1. The minimum Gasteiger partial charge on any atom is -0.356 e. The number of imidazole rings is 1. The third kappa shape index (κ3) is 5.53. The van der Waals surface area contributed by atoms with E-state index in [4.69, 9.17) is 10.1 Å². The van der Waals surface area contributed by atoms with Gasteiger partial charge in [0.25, 0.3) is 5.91 Å². The Morgan fingerprint density at radius 3 is 2.72 bits per heavy atom. The lowest BCUT2D eigenvalue weighted by atomic mass is 9.81. The van der Waals surface area contributed by atoms with E-state index in [1.807, 2.05) is 19.1 Å². The van der Waals surface area contributed by atoms with Gasteiger partial charge in [-0.05, 0) is 75.0 Å². The van der Waals surface area contributed by atoms with E-state index in [0.717, 1.165) is 24.6 Å². The van der Waals surface area contributed by atoms with Gasteiger partial charge in [-0.2, -0.15) is 10.2 Å². The van der Waals surface area contributed by atoms with Crippen molar-refractivity contribution in [2.45, 2.75) is 76.8 Å². The van der Waals surface area contributed by atoms with E-state index in [-0.39, 0.29) is 49.3 Å². The summed E-state index contributed by atoms with van der Waals surface area (Å²) in [6.45, 7) is 3.22. The van der Waals surface area contributed by atoms with Gasteiger partial charge in [-0.25, -0.2) is 18.3 Å². The maximum absolute atomic E-state index is 14.0. The Morgan fingerprint density at radius 1 is 1.18 bits per heavy atom. The molecule has 3 aliphatic rings. The second-order valence-corrected chi connectivity index (χ2v) is 11.4. The summed E-state index contributed by atoms with van der Waals surface area (Å²) in [6, 6.07) is 4.87. The van der Waals surface area contributed by atoms with Crippen molar-refractivity contribution in [3.8, 4) is 0 Å². The lowest BCUT2D eigenvalue weighted by Gasteiger charge is -2.33. The number of nitrogens with zero attached hydrogens (tertiary/aromatic N) is 5. The Balaban J connectivity index is 1.24. The van der Waals surface area contributed by atoms with Crippen molar-refractivity contribution in [2.24, 2.45) is 23.7 Å². The summed E-state index contributed by atoms with van der Waals surface area (Å²) in [4.78, 5) is 30.5. The van der Waals surface area contributed by atoms with Gasteiger partial charge in [-0.3, -0.25) is 14.3 Å². The number of hydrogen-bond acceptors (Lipinski definition) is 5. The molecule has 3 aromatic rings. The molecule has 0 spiro atoms. The number of aryl methyl sites for hydroxylation is 1. The lowest BCUT2D eigenvalue weighted by Crippen LogP contribution is -2.43. The Morgan fingerprint density at radius 2 is 1.97 bits per heavy atom. The average molecular weight is 540 g/mol. The highest BCUT2D eigenvalue weighted by molar-refractivity contribution is 5.92. The normalized spacial score (nSPS) is 24.4. The summed E-state index contributed by atoms with van der Waals surface area (Å²) in [5.41, 5.74) is 2.42. The van der Waals surface area contributed by atoms with Crippen molar-refractivity contribution >= 4 is 17.5 Å². The molecule has 1 saturated heterocycles. The van der Waals surface area contributed by atoms with E-state index in [1.165, 1.54) is 12.8 Å². The minimum absolute atomic E-state index is 0.0864. The zero-order valence-electron chi connectivity index (χ0n) is 22.2. The van der Waals surface area contributed by atoms with Crippen LogP contribution in [-0.2, 0) is 17.8 Å². The third-order valence-electron chi connectivity index (χ3n) is 8.72. The van der Waals surface area contributed by atoms with Gasteiger partial charge in [-0.1, -0.05) is 0 Å². The summed E-state index contributed by atoms with van der Waals surface area (Å²) in [7, 11) is 0. The number of rotatable bonds is 8. The molecule has 2 saturated carbocycles. The van der Waals surface area contributed by atoms with Gasteiger partial charge in [0.2, 0.25) is 11.8 Å². The molecule has 0 aromatic carbocycles. The van der Waals surface area contributed by atoms with Crippen LogP contribution in [0.15, 0.2) is 30.6 Å². The molecule has 9 nitrogen and oxygen atoms in total. The molecule has 3 unspecified atom stereocenters. The summed E-state index contributed by atoms with van der Waals surface area (Å²) in [5.74, 6) is -1.89. The molecule has 2 N–H and O–H groups in total. The highest BCUT2D eigenvalue weighted by atomic mass is 19.3. The van der Waals surface area contributed by atoms with E-state index in [1.54, 1.807) is 27.7 Å². The highest BCUT2D eigenvalue weighted by Crippen LogP contribution is 2.42. The standard InChI is InChI=1S/C28H35F2N7O2/c1-2-36-23(9-12-32-36)27(39)34-25(18-7-10-28(29,30)11-8-18)22-16-37-24(33-22)6-5-21(35-37)14-19-13-20(17-3-4-17)15-31-26(19)38/h5-6,9,12,16-20,25H,2-4,7-8,10-11,13-15H2,1H3,(H,31,38)(H,34,39). The van der Waals surface area contributed by atoms with E-state index in [9.17, 15) is 18.4 Å². The van der Waals surface area contributed by atoms with E-state index in [0.29, 0.717) is 35.9 Å². The molecule has 208 valence electrons. The maximum Gasteiger partial charge on any atom is 0.270 e. The fraction of sp³-hybridized carbons (Fsp3) is 0.607. The van der Waals surface area contributed by atoms with Gasteiger partial charge < -0.3 is 10.6 Å². The first kappa shape index (κ1) is 25.9. The van der Waals surface area contributed by atoms with Crippen molar-refractivity contribution in [1.82, 2.24) is 35.0 Å². The SMILES string of the molecule is CCn1nccc1C(=O)NC(c1cn2nc(CC3CC(C4CC4)CNC3=O)ccc2n1)C1CCC(F)(F)CC1. The van der Waals surface area contributed by atoms with Crippen LogP contribution in [0.3, 0.4) is 0 Å². The number of hydrogen-bond donors (Lipinski definition) is 2. The quantitative estimate of drug-likeness (QED) is 0.451. The number of fused-ring (bicyclic) bond motifs is 1. The molecule has 2 amide bonds. The van der Waals surface area contributed by atoms with Gasteiger partial charge in [0.15, 0.2) is 5.65 Å². The molecule has 6 rings (SSSR count). The second kappa shape index (κ2) is 10.3. The van der Waals surface area contributed by atoms with Crippen molar-refractivity contribution in [3.63, 3.8) is 0 Å². The molecule has 3 fully saturated rings. The first-order valence-electron chi connectivity index (χ1n) is 14.1. The molecule has 11 heteroatoms. The first-order valence-corrected chi connectivity index (χ1v) is 14.1. The number of aromatic nitrogens is 5. The number of alkyl halides is 2. The van der Waals surface area contributed by atoms with Crippen LogP contribution >= 0.6 is 0 Å². The summed E-state index contributed by atoms with van der Waals surface area (Å²) in [6.07, 6.45) is 7.46. The predicted molar refractivity (Wildman–Crippen MR) is 139 cm³/mol. The molecule has 3 aromatic heterocycles. The van der Waals surface area contributed by atoms with Gasteiger partial charge in [0.1, 0.15) is 5.69 Å². The van der Waals surface area contributed by atoms with Gasteiger partial charge in [0.05, 0.1) is 23.6 Å². The number of carbonyl (C=O) groups excluding carboxylic acids is 2. The van der Waals surface area contributed by atoms with Gasteiger partial charge >= 0.3 is 0 Å². The van der Waals surface area contributed by atoms with Crippen LogP contribution in [0.4, 0.5) is 8.78 Å². The third-order valence-corrected chi connectivity index (χ3v) is 8.72. The predicted octanol–water partition coefficient (Wildman–Crippen LogP) is 3.95. The molecule has 3 atom stereocenters. The van der Waals surface area contributed by atoms with Gasteiger partial charge in [0, 0.05) is 44.5 Å². The Bertz CT molecular complexity index is 1350. The molecule has 2 aliphatic carbocycles. The fourth-order valence-electron chi connectivity index (χ4n) is 6.31. The Hall–Kier alpha value is -3.37. The Labute approximate surface area is 225 Å². The average Bonchev–Trinajstić information content (AvgIpc) is 3.50. The molecule has 4 heterocycles. The van der Waals surface area contributed by atoms with Crippen LogP contribution in [0.1, 0.15) is 79.8 Å². The summed E-state index contributed by atoms with van der Waals surface area (Å²) >= 11 is 0.